The second-order valence-corrected chi connectivity index (χ2v) is 7.86. The Bertz CT molecular complexity index is 1030. The smallest absolute Gasteiger partial charge is 0.295 e. The number of carbonyl (C=O) groups excluding carboxylic acids is 2. The molecule has 0 saturated carbocycles. The number of nitrogens with zero attached hydrogens (tertiary/aromatic N) is 2. The molecule has 2 aromatic carbocycles. The highest BCUT2D eigenvalue weighted by Crippen LogP contribution is 2.39. The van der Waals surface area contributed by atoms with E-state index in [2.05, 4.69) is 4.90 Å². The molecule has 0 bridgehead atoms. The van der Waals surface area contributed by atoms with Gasteiger partial charge in [0.15, 0.2) is 0 Å². The van der Waals surface area contributed by atoms with Gasteiger partial charge in [0.25, 0.3) is 11.7 Å². The van der Waals surface area contributed by atoms with Gasteiger partial charge in [0.2, 0.25) is 0 Å². The predicted octanol–water partition coefficient (Wildman–Crippen LogP) is 3.11. The summed E-state index contributed by atoms with van der Waals surface area (Å²) in [6.45, 7) is 3.91. The van der Waals surface area contributed by atoms with Crippen molar-refractivity contribution in [3.8, 4) is 0 Å². The van der Waals surface area contributed by atoms with Crippen molar-refractivity contribution in [2.45, 2.75) is 12.5 Å². The number of hydrogen-bond acceptors (Lipinski definition) is 5. The maximum Gasteiger partial charge on any atom is 0.295 e. The fourth-order valence-corrected chi connectivity index (χ4v) is 4.19. The summed E-state index contributed by atoms with van der Waals surface area (Å²) in [5, 5.41) is 10.9. The van der Waals surface area contributed by atoms with Gasteiger partial charge in [-0.2, -0.15) is 0 Å². The van der Waals surface area contributed by atoms with E-state index in [1.54, 1.807) is 6.07 Å². The van der Waals surface area contributed by atoms with Crippen LogP contribution in [0.2, 0.25) is 0 Å². The molecular weight excluding hydrogens is 418 g/mol. The fraction of sp³-hybridized carbons (Fsp3) is 0.333. The minimum Gasteiger partial charge on any atom is -0.507 e. The first-order valence-electron chi connectivity index (χ1n) is 10.6. The molecule has 6 nitrogen and oxygen atoms in total. The Kier molecular flexibility index (Phi) is 6.62. The van der Waals surface area contributed by atoms with Gasteiger partial charge in [0.1, 0.15) is 17.4 Å². The molecule has 8 heteroatoms. The monoisotopic (exact) mass is 442 g/mol. The van der Waals surface area contributed by atoms with E-state index in [0.717, 1.165) is 31.8 Å². The molecule has 1 amide bonds. The molecule has 2 fully saturated rings. The second-order valence-electron chi connectivity index (χ2n) is 7.86. The number of ether oxygens (including phenoxy) is 1. The highest BCUT2D eigenvalue weighted by molar-refractivity contribution is 6.46. The van der Waals surface area contributed by atoms with Gasteiger partial charge in [-0.1, -0.05) is 12.1 Å². The van der Waals surface area contributed by atoms with Crippen molar-refractivity contribution in [1.82, 2.24) is 9.80 Å². The van der Waals surface area contributed by atoms with Crippen molar-refractivity contribution in [3.05, 3.63) is 76.9 Å². The number of ketones is 1. The van der Waals surface area contributed by atoms with Gasteiger partial charge in [0.05, 0.1) is 24.8 Å². The van der Waals surface area contributed by atoms with Crippen LogP contribution in [0.5, 0.6) is 0 Å². The van der Waals surface area contributed by atoms with Crippen molar-refractivity contribution in [1.29, 1.82) is 0 Å². The molecule has 32 heavy (non-hydrogen) atoms. The van der Waals surface area contributed by atoms with Crippen molar-refractivity contribution in [3.63, 3.8) is 0 Å². The minimum atomic E-state index is -0.930. The van der Waals surface area contributed by atoms with Gasteiger partial charge in [0, 0.05) is 31.7 Å². The number of Topliss-reactive ketones (excluding diaryl/α,β-unsaturated/α-hetero) is 1. The van der Waals surface area contributed by atoms with Crippen molar-refractivity contribution < 1.29 is 28.2 Å². The SMILES string of the molecule is O=C1C(=O)N(CCCN2CCOCC2)[C@H](c2cccc(F)c2)/C1=C(\O)c1ccc(F)cc1. The molecule has 2 aliphatic heterocycles. The molecule has 1 atom stereocenters. The molecular formula is C24H24F2N2O4. The lowest BCUT2D eigenvalue weighted by Gasteiger charge is -2.29. The second kappa shape index (κ2) is 9.58. The lowest BCUT2D eigenvalue weighted by molar-refractivity contribution is -0.140. The van der Waals surface area contributed by atoms with E-state index in [9.17, 15) is 23.5 Å². The van der Waals surface area contributed by atoms with Crippen LogP contribution in [0.15, 0.2) is 54.1 Å². The third-order valence-corrected chi connectivity index (χ3v) is 5.80. The van der Waals surface area contributed by atoms with E-state index < -0.39 is 35.1 Å². The summed E-state index contributed by atoms with van der Waals surface area (Å²) in [6, 6.07) is 9.69. The molecule has 0 aromatic heterocycles. The van der Waals surface area contributed by atoms with Crippen LogP contribution < -0.4 is 0 Å². The minimum absolute atomic E-state index is 0.126. The van der Waals surface area contributed by atoms with Gasteiger partial charge in [-0.15, -0.1) is 0 Å². The Hall–Kier alpha value is -3.10. The van der Waals surface area contributed by atoms with E-state index in [1.807, 2.05) is 0 Å². The van der Waals surface area contributed by atoms with E-state index in [0.29, 0.717) is 25.2 Å². The molecule has 0 spiro atoms. The van der Waals surface area contributed by atoms with Crippen molar-refractivity contribution in [2.75, 3.05) is 39.4 Å². The molecule has 1 N–H and O–H groups in total. The van der Waals surface area contributed by atoms with Crippen LogP contribution in [-0.4, -0.2) is 66.0 Å². The van der Waals surface area contributed by atoms with Gasteiger partial charge in [-0.3, -0.25) is 14.5 Å². The summed E-state index contributed by atoms with van der Waals surface area (Å²) in [5.74, 6) is -3.00. The highest BCUT2D eigenvalue weighted by atomic mass is 19.1. The van der Waals surface area contributed by atoms with Crippen LogP contribution >= 0.6 is 0 Å². The molecule has 2 heterocycles. The summed E-state index contributed by atoms with van der Waals surface area (Å²) in [7, 11) is 0. The standard InChI is InChI=1S/C24H24F2N2O4/c25-18-7-5-16(6-8-18)22(29)20-21(17-3-1-4-19(26)15-17)28(24(31)23(20)30)10-2-9-27-11-13-32-14-12-27/h1,3-8,15,21,29H,2,9-14H2/b22-20+/t21-/m1/s1. The zero-order valence-electron chi connectivity index (χ0n) is 17.5. The van der Waals surface area contributed by atoms with E-state index in [1.165, 1.54) is 35.2 Å². The summed E-state index contributed by atoms with van der Waals surface area (Å²) in [4.78, 5) is 29.4. The number of hydrogen-bond donors (Lipinski definition) is 1. The molecule has 0 unspecified atom stereocenters. The summed E-state index contributed by atoms with van der Waals surface area (Å²) >= 11 is 0. The van der Waals surface area contributed by atoms with Crippen LogP contribution in [-0.2, 0) is 14.3 Å². The molecule has 2 saturated heterocycles. The first-order valence-corrected chi connectivity index (χ1v) is 10.6. The first kappa shape index (κ1) is 22.1. The number of aliphatic hydroxyl groups is 1. The molecule has 168 valence electrons. The maximum absolute atomic E-state index is 14.0. The van der Waals surface area contributed by atoms with Gasteiger partial charge < -0.3 is 14.7 Å². The number of carbonyl (C=O) groups is 2. The Morgan fingerprint density at radius 1 is 1.00 bits per heavy atom. The van der Waals surface area contributed by atoms with Crippen LogP contribution in [0, 0.1) is 11.6 Å². The van der Waals surface area contributed by atoms with Crippen LogP contribution in [0.1, 0.15) is 23.6 Å². The predicted molar refractivity (Wildman–Crippen MR) is 114 cm³/mol. The summed E-state index contributed by atoms with van der Waals surface area (Å²) < 4.78 is 32.7. The number of benzene rings is 2. The quantitative estimate of drug-likeness (QED) is 0.423. The van der Waals surface area contributed by atoms with Crippen LogP contribution in [0.4, 0.5) is 8.78 Å². The number of halogens is 2. The Morgan fingerprint density at radius 2 is 1.72 bits per heavy atom. The number of aliphatic hydroxyl groups excluding tert-OH is 1. The largest absolute Gasteiger partial charge is 0.507 e. The fourth-order valence-electron chi connectivity index (χ4n) is 4.19. The van der Waals surface area contributed by atoms with Crippen LogP contribution in [0.3, 0.4) is 0 Å². The number of rotatable bonds is 6. The Morgan fingerprint density at radius 3 is 2.41 bits per heavy atom. The first-order chi connectivity index (χ1) is 15.5. The maximum atomic E-state index is 14.0. The third kappa shape index (κ3) is 4.56. The number of likely N-dealkylation sites (tertiary alicyclic amines) is 1. The molecule has 0 radical (unpaired) electrons. The normalized spacial score (nSPS) is 21.3. The van der Waals surface area contributed by atoms with E-state index in [-0.39, 0.29) is 17.7 Å². The molecule has 2 aromatic rings. The van der Waals surface area contributed by atoms with Gasteiger partial charge in [-0.05, 0) is 48.4 Å². The number of morpholine rings is 1. The lowest BCUT2D eigenvalue weighted by Crippen LogP contribution is -2.39. The van der Waals surface area contributed by atoms with Gasteiger partial charge in [-0.25, -0.2) is 8.78 Å². The highest BCUT2D eigenvalue weighted by Gasteiger charge is 2.45. The third-order valence-electron chi connectivity index (χ3n) is 5.80. The van der Waals surface area contributed by atoms with Crippen molar-refractivity contribution in [2.24, 2.45) is 0 Å². The Labute approximate surface area is 184 Å². The zero-order chi connectivity index (χ0) is 22.7. The summed E-state index contributed by atoms with van der Waals surface area (Å²) in [5.41, 5.74) is 0.469. The molecule has 0 aliphatic carbocycles. The molecule has 2 aliphatic rings. The van der Waals surface area contributed by atoms with Crippen molar-refractivity contribution >= 4 is 17.4 Å². The van der Waals surface area contributed by atoms with E-state index in [4.69, 9.17) is 4.74 Å². The van der Waals surface area contributed by atoms with Gasteiger partial charge >= 0.3 is 0 Å². The average molecular weight is 442 g/mol. The number of amides is 1. The molecule has 4 rings (SSSR count). The van der Waals surface area contributed by atoms with Crippen LogP contribution in [0.25, 0.3) is 5.76 Å². The van der Waals surface area contributed by atoms with E-state index >= 15 is 0 Å². The summed E-state index contributed by atoms with van der Waals surface area (Å²) in [6.07, 6.45) is 0.607. The zero-order valence-corrected chi connectivity index (χ0v) is 17.5. The average Bonchev–Trinajstić information content (AvgIpc) is 3.05. The topological polar surface area (TPSA) is 70.1 Å². The lowest BCUT2D eigenvalue weighted by atomic mass is 9.95. The Balaban J connectivity index is 1.67.